The molecule has 0 spiro atoms. The van der Waals surface area contributed by atoms with E-state index in [1.165, 1.54) is 0 Å². The minimum Gasteiger partial charge on any atom is -0.481 e. The summed E-state index contributed by atoms with van der Waals surface area (Å²) >= 11 is 0. The van der Waals surface area contributed by atoms with Crippen LogP contribution in [0.4, 0.5) is 17.6 Å². The van der Waals surface area contributed by atoms with E-state index in [0.717, 1.165) is 12.1 Å². The van der Waals surface area contributed by atoms with E-state index in [1.54, 1.807) is 0 Å². The van der Waals surface area contributed by atoms with Crippen LogP contribution in [0.25, 0.3) is 0 Å². The van der Waals surface area contributed by atoms with Crippen LogP contribution in [0.3, 0.4) is 0 Å². The smallest absolute Gasteiger partial charge is 0.416 e. The zero-order valence-corrected chi connectivity index (χ0v) is 13.2. The molecule has 24 heavy (non-hydrogen) atoms. The third-order valence-electron chi connectivity index (χ3n) is 3.39. The fourth-order valence-electron chi connectivity index (χ4n) is 2.15. The predicted octanol–water partition coefficient (Wildman–Crippen LogP) is 3.58. The van der Waals surface area contributed by atoms with Crippen LogP contribution in [0.2, 0.25) is 0 Å². The van der Waals surface area contributed by atoms with E-state index >= 15 is 0 Å². The van der Waals surface area contributed by atoms with Crippen molar-refractivity contribution in [3.05, 3.63) is 35.4 Å². The summed E-state index contributed by atoms with van der Waals surface area (Å²) in [6, 6.07) is 3.15. The van der Waals surface area contributed by atoms with Crippen molar-refractivity contribution in [2.45, 2.75) is 32.6 Å². The summed E-state index contributed by atoms with van der Waals surface area (Å²) in [7, 11) is 0. The van der Waals surface area contributed by atoms with Crippen LogP contribution in [0, 0.1) is 11.8 Å². The van der Waals surface area contributed by atoms with E-state index < -0.39 is 35.7 Å². The van der Waals surface area contributed by atoms with Gasteiger partial charge >= 0.3 is 12.1 Å². The first-order valence-corrected chi connectivity index (χ1v) is 7.34. The van der Waals surface area contributed by atoms with Crippen LogP contribution in [0.1, 0.15) is 37.6 Å². The molecule has 0 aromatic heterocycles. The Morgan fingerprint density at radius 3 is 2.12 bits per heavy atom. The summed E-state index contributed by atoms with van der Waals surface area (Å²) < 4.78 is 51.4. The first-order chi connectivity index (χ1) is 11.0. The Bertz CT molecular complexity index is 570. The lowest BCUT2D eigenvalue weighted by molar-refractivity contribution is -0.142. The van der Waals surface area contributed by atoms with Gasteiger partial charge in [-0.3, -0.25) is 9.59 Å². The highest BCUT2D eigenvalue weighted by molar-refractivity contribution is 5.82. The van der Waals surface area contributed by atoms with Crippen LogP contribution in [0.5, 0.6) is 0 Å². The van der Waals surface area contributed by atoms with Gasteiger partial charge in [-0.25, -0.2) is 4.39 Å². The lowest BCUT2D eigenvalue weighted by Gasteiger charge is -2.16. The highest BCUT2D eigenvalue weighted by atomic mass is 19.4. The second kappa shape index (κ2) is 8.12. The molecule has 8 heteroatoms. The molecule has 0 saturated heterocycles. The number of nitrogens with one attached hydrogen (secondary N) is 1. The molecule has 0 aliphatic heterocycles. The number of amides is 1. The van der Waals surface area contributed by atoms with Crippen LogP contribution in [0.15, 0.2) is 24.3 Å². The van der Waals surface area contributed by atoms with Crippen LogP contribution >= 0.6 is 0 Å². The third kappa shape index (κ3) is 5.82. The number of alkyl halides is 4. The van der Waals surface area contributed by atoms with Gasteiger partial charge in [0.1, 0.15) is 0 Å². The number of benzene rings is 1. The number of aliphatic carboxylic acids is 1. The molecule has 2 unspecified atom stereocenters. The molecule has 0 aliphatic rings. The van der Waals surface area contributed by atoms with Crippen LogP contribution in [-0.4, -0.2) is 23.5 Å². The van der Waals surface area contributed by atoms with Gasteiger partial charge < -0.3 is 10.4 Å². The van der Waals surface area contributed by atoms with Crippen molar-refractivity contribution >= 4 is 11.9 Å². The van der Waals surface area contributed by atoms with Crippen molar-refractivity contribution in [1.29, 1.82) is 0 Å². The lowest BCUT2D eigenvalue weighted by Crippen LogP contribution is -2.35. The van der Waals surface area contributed by atoms with Crippen molar-refractivity contribution in [2.24, 2.45) is 11.8 Å². The molecule has 1 aromatic carbocycles. The van der Waals surface area contributed by atoms with Gasteiger partial charge in [-0.05, 0) is 30.0 Å². The Kier molecular flexibility index (Phi) is 6.74. The van der Waals surface area contributed by atoms with Gasteiger partial charge in [-0.15, -0.1) is 0 Å². The molecule has 0 heterocycles. The summed E-state index contributed by atoms with van der Waals surface area (Å²) in [6.07, 6.45) is -6.40. The molecule has 4 nitrogen and oxygen atoms in total. The summed E-state index contributed by atoms with van der Waals surface area (Å²) in [5.41, 5.74) is -1.17. The fourth-order valence-corrected chi connectivity index (χ4v) is 2.15. The largest absolute Gasteiger partial charge is 0.481 e. The van der Waals surface area contributed by atoms with Crippen molar-refractivity contribution in [3.63, 3.8) is 0 Å². The Morgan fingerprint density at radius 1 is 1.17 bits per heavy atom. The molecule has 2 N–H and O–H groups in total. The molecule has 1 amide bonds. The van der Waals surface area contributed by atoms with Crippen molar-refractivity contribution in [2.75, 3.05) is 6.54 Å². The van der Waals surface area contributed by atoms with E-state index in [4.69, 9.17) is 5.11 Å². The first-order valence-electron chi connectivity index (χ1n) is 7.34. The minimum absolute atomic E-state index is 0.0825. The Balaban J connectivity index is 2.68. The first kappa shape index (κ1) is 19.9. The van der Waals surface area contributed by atoms with E-state index in [9.17, 15) is 27.2 Å². The van der Waals surface area contributed by atoms with Crippen LogP contribution in [-0.2, 0) is 15.8 Å². The molecule has 2 atom stereocenters. The summed E-state index contributed by atoms with van der Waals surface area (Å²) in [4.78, 5) is 22.8. The third-order valence-corrected chi connectivity index (χ3v) is 3.39. The normalized spacial score (nSPS) is 14.3. The monoisotopic (exact) mass is 349 g/mol. The van der Waals surface area contributed by atoms with Crippen molar-refractivity contribution in [3.8, 4) is 0 Å². The van der Waals surface area contributed by atoms with E-state index in [2.05, 4.69) is 5.32 Å². The van der Waals surface area contributed by atoms with Gasteiger partial charge in [0.15, 0.2) is 0 Å². The van der Waals surface area contributed by atoms with E-state index in [-0.39, 0.29) is 18.0 Å². The molecular weight excluding hydrogens is 330 g/mol. The quantitative estimate of drug-likeness (QED) is 0.740. The molecule has 0 aliphatic carbocycles. The SMILES string of the molecule is CC(C)CC(CNC(=O)C(F)c1ccc(C(F)(F)F)cc1)C(=O)O. The number of hydrogen-bond acceptors (Lipinski definition) is 2. The van der Waals surface area contributed by atoms with Gasteiger partial charge in [0.2, 0.25) is 6.17 Å². The molecule has 134 valence electrons. The number of halogens is 4. The maximum Gasteiger partial charge on any atom is 0.416 e. The maximum atomic E-state index is 14.0. The van der Waals surface area contributed by atoms with Crippen LogP contribution < -0.4 is 5.32 Å². The molecule has 1 rings (SSSR count). The zero-order valence-electron chi connectivity index (χ0n) is 13.2. The van der Waals surface area contributed by atoms with Gasteiger partial charge in [-0.2, -0.15) is 13.2 Å². The molecule has 0 fully saturated rings. The molecule has 0 bridgehead atoms. The van der Waals surface area contributed by atoms with Gasteiger partial charge in [0, 0.05) is 6.54 Å². The second-order valence-electron chi connectivity index (χ2n) is 5.89. The zero-order chi connectivity index (χ0) is 18.5. The molecule has 0 saturated carbocycles. The van der Waals surface area contributed by atoms with E-state index in [0.29, 0.717) is 18.6 Å². The van der Waals surface area contributed by atoms with Gasteiger partial charge in [0.05, 0.1) is 11.5 Å². The van der Waals surface area contributed by atoms with Crippen molar-refractivity contribution < 1.29 is 32.3 Å². The average molecular weight is 349 g/mol. The van der Waals surface area contributed by atoms with Gasteiger partial charge in [0.25, 0.3) is 5.91 Å². The lowest BCUT2D eigenvalue weighted by atomic mass is 9.97. The summed E-state index contributed by atoms with van der Waals surface area (Å²) in [5.74, 6) is -2.95. The topological polar surface area (TPSA) is 66.4 Å². The highest BCUT2D eigenvalue weighted by Gasteiger charge is 2.31. The number of carboxylic acids is 1. The Hall–Kier alpha value is -2.12. The average Bonchev–Trinajstić information content (AvgIpc) is 2.49. The Labute approximate surface area is 136 Å². The number of hydrogen-bond donors (Lipinski definition) is 2. The molecule has 1 aromatic rings. The molecule has 0 radical (unpaired) electrons. The number of rotatable bonds is 7. The highest BCUT2D eigenvalue weighted by Crippen LogP contribution is 2.30. The predicted molar refractivity (Wildman–Crippen MR) is 78.9 cm³/mol. The number of carboxylic acid groups (broad SMARTS) is 1. The van der Waals surface area contributed by atoms with Gasteiger partial charge in [-0.1, -0.05) is 26.0 Å². The summed E-state index contributed by atoms with van der Waals surface area (Å²) in [6.45, 7) is 3.39. The number of carbonyl (C=O) groups is 2. The number of carbonyl (C=O) groups excluding carboxylic acids is 1. The minimum atomic E-state index is -4.54. The second-order valence-corrected chi connectivity index (χ2v) is 5.89. The fraction of sp³-hybridized carbons (Fsp3) is 0.500. The summed E-state index contributed by atoms with van der Waals surface area (Å²) in [5, 5.41) is 11.2. The van der Waals surface area contributed by atoms with Crippen molar-refractivity contribution in [1.82, 2.24) is 5.32 Å². The molecular formula is C16H19F4NO3. The standard InChI is InChI=1S/C16H19F4NO3/c1-9(2)7-11(15(23)24)8-21-14(22)13(17)10-3-5-12(6-4-10)16(18,19)20/h3-6,9,11,13H,7-8H2,1-2H3,(H,21,22)(H,23,24). The Morgan fingerprint density at radius 2 is 1.71 bits per heavy atom. The van der Waals surface area contributed by atoms with E-state index in [1.807, 2.05) is 13.8 Å². The maximum absolute atomic E-state index is 14.0.